The molecule has 1 aromatic heterocycles. The standard InChI is InChI=1S/C14H23N3/c1-4-13(15-2)14-9-8-12(10-16-14)17(3)11-6-5-7-11/h8-11,13,15H,4-7H2,1-3H3. The summed E-state index contributed by atoms with van der Waals surface area (Å²) in [6, 6.07) is 5.45. The summed E-state index contributed by atoms with van der Waals surface area (Å²) in [5, 5.41) is 3.29. The number of pyridine rings is 1. The van der Waals surface area contributed by atoms with Crippen molar-refractivity contribution in [2.45, 2.75) is 44.7 Å². The lowest BCUT2D eigenvalue weighted by atomic mass is 9.91. The van der Waals surface area contributed by atoms with Gasteiger partial charge in [-0.3, -0.25) is 4.98 Å². The van der Waals surface area contributed by atoms with Crippen LogP contribution in [0.5, 0.6) is 0 Å². The van der Waals surface area contributed by atoms with Gasteiger partial charge in [0.15, 0.2) is 0 Å². The lowest BCUT2D eigenvalue weighted by Gasteiger charge is -2.36. The van der Waals surface area contributed by atoms with E-state index in [0.717, 1.165) is 18.2 Å². The van der Waals surface area contributed by atoms with Crippen LogP contribution >= 0.6 is 0 Å². The van der Waals surface area contributed by atoms with E-state index in [4.69, 9.17) is 0 Å². The fraction of sp³-hybridized carbons (Fsp3) is 0.643. The van der Waals surface area contributed by atoms with E-state index in [-0.39, 0.29) is 0 Å². The zero-order valence-electron chi connectivity index (χ0n) is 11.1. The van der Waals surface area contributed by atoms with Crippen molar-refractivity contribution >= 4 is 5.69 Å². The third-order valence-electron chi connectivity index (χ3n) is 3.91. The second-order valence-corrected chi connectivity index (χ2v) is 4.89. The summed E-state index contributed by atoms with van der Waals surface area (Å²) >= 11 is 0. The van der Waals surface area contributed by atoms with E-state index in [0.29, 0.717) is 6.04 Å². The normalized spacial score (nSPS) is 17.6. The Kier molecular flexibility index (Phi) is 4.00. The van der Waals surface area contributed by atoms with Crippen molar-refractivity contribution in [1.82, 2.24) is 10.3 Å². The summed E-state index contributed by atoms with van der Waals surface area (Å²) in [6.45, 7) is 2.18. The maximum atomic E-state index is 4.58. The smallest absolute Gasteiger partial charge is 0.0574 e. The molecule has 1 aromatic rings. The first-order chi connectivity index (χ1) is 8.26. The van der Waals surface area contributed by atoms with Gasteiger partial charge in [-0.2, -0.15) is 0 Å². The predicted octanol–water partition coefficient (Wildman–Crippen LogP) is 2.74. The Labute approximate surface area is 104 Å². The average molecular weight is 233 g/mol. The van der Waals surface area contributed by atoms with Crippen LogP contribution in [0.2, 0.25) is 0 Å². The van der Waals surface area contributed by atoms with Gasteiger partial charge in [-0.15, -0.1) is 0 Å². The largest absolute Gasteiger partial charge is 0.370 e. The van der Waals surface area contributed by atoms with Crippen molar-refractivity contribution in [3.05, 3.63) is 24.0 Å². The van der Waals surface area contributed by atoms with E-state index in [1.165, 1.54) is 24.9 Å². The fourth-order valence-electron chi connectivity index (χ4n) is 2.36. The molecule has 2 rings (SSSR count). The van der Waals surface area contributed by atoms with E-state index in [2.05, 4.69) is 41.3 Å². The molecule has 0 saturated heterocycles. The van der Waals surface area contributed by atoms with E-state index in [1.54, 1.807) is 0 Å². The van der Waals surface area contributed by atoms with Crippen LogP contribution in [0.3, 0.4) is 0 Å². The zero-order valence-corrected chi connectivity index (χ0v) is 11.1. The molecule has 1 aliphatic rings. The van der Waals surface area contributed by atoms with Crippen molar-refractivity contribution in [2.75, 3.05) is 19.0 Å². The number of hydrogen-bond donors (Lipinski definition) is 1. The predicted molar refractivity (Wildman–Crippen MR) is 72.4 cm³/mol. The number of hydrogen-bond acceptors (Lipinski definition) is 3. The van der Waals surface area contributed by atoms with Crippen molar-refractivity contribution in [2.24, 2.45) is 0 Å². The third kappa shape index (κ3) is 2.60. The third-order valence-corrected chi connectivity index (χ3v) is 3.91. The van der Waals surface area contributed by atoms with Gasteiger partial charge in [0, 0.05) is 19.1 Å². The maximum Gasteiger partial charge on any atom is 0.0574 e. The molecular formula is C14H23N3. The highest BCUT2D eigenvalue weighted by Gasteiger charge is 2.22. The second kappa shape index (κ2) is 5.50. The highest BCUT2D eigenvalue weighted by molar-refractivity contribution is 5.45. The first-order valence-corrected chi connectivity index (χ1v) is 6.62. The average Bonchev–Trinajstić information content (AvgIpc) is 2.29. The van der Waals surface area contributed by atoms with Crippen LogP contribution in [0.1, 0.15) is 44.3 Å². The lowest BCUT2D eigenvalue weighted by Crippen LogP contribution is -2.37. The Bertz CT molecular complexity index is 339. The quantitative estimate of drug-likeness (QED) is 0.847. The molecule has 0 spiro atoms. The first-order valence-electron chi connectivity index (χ1n) is 6.62. The van der Waals surface area contributed by atoms with Crippen molar-refractivity contribution in [1.29, 1.82) is 0 Å². The molecule has 0 radical (unpaired) electrons. The van der Waals surface area contributed by atoms with Crippen molar-refractivity contribution in [3.8, 4) is 0 Å². The summed E-state index contributed by atoms with van der Waals surface area (Å²) in [5.74, 6) is 0. The molecule has 0 amide bonds. The lowest BCUT2D eigenvalue weighted by molar-refractivity contribution is 0.401. The van der Waals surface area contributed by atoms with Gasteiger partial charge in [0.2, 0.25) is 0 Å². The highest BCUT2D eigenvalue weighted by atomic mass is 15.1. The highest BCUT2D eigenvalue weighted by Crippen LogP contribution is 2.28. The molecule has 1 atom stereocenters. The van der Waals surface area contributed by atoms with Gasteiger partial charge in [0.25, 0.3) is 0 Å². The molecule has 1 heterocycles. The molecule has 1 saturated carbocycles. The van der Waals surface area contributed by atoms with E-state index in [1.807, 2.05) is 13.2 Å². The molecule has 0 aromatic carbocycles. The molecule has 94 valence electrons. The number of aromatic nitrogens is 1. The van der Waals surface area contributed by atoms with Crippen LogP contribution in [0.25, 0.3) is 0 Å². The van der Waals surface area contributed by atoms with E-state index in [9.17, 15) is 0 Å². The molecule has 1 aliphatic carbocycles. The monoisotopic (exact) mass is 233 g/mol. The SMILES string of the molecule is CCC(NC)c1ccc(N(C)C2CCC2)cn1. The summed E-state index contributed by atoms with van der Waals surface area (Å²) < 4.78 is 0. The van der Waals surface area contributed by atoms with Gasteiger partial charge in [0.1, 0.15) is 0 Å². The molecule has 1 N–H and O–H groups in total. The minimum absolute atomic E-state index is 0.373. The summed E-state index contributed by atoms with van der Waals surface area (Å²) in [6.07, 6.45) is 7.10. The van der Waals surface area contributed by atoms with Crippen LogP contribution in [-0.2, 0) is 0 Å². The number of rotatable bonds is 5. The number of anilines is 1. The molecule has 17 heavy (non-hydrogen) atoms. The summed E-state index contributed by atoms with van der Waals surface area (Å²) in [5.41, 5.74) is 2.38. The summed E-state index contributed by atoms with van der Waals surface area (Å²) in [4.78, 5) is 6.94. The number of nitrogens with one attached hydrogen (secondary N) is 1. The van der Waals surface area contributed by atoms with Crippen LogP contribution in [0, 0.1) is 0 Å². The molecule has 1 fully saturated rings. The Hall–Kier alpha value is -1.09. The van der Waals surface area contributed by atoms with Crippen LogP contribution in [0.4, 0.5) is 5.69 Å². The van der Waals surface area contributed by atoms with Crippen LogP contribution < -0.4 is 10.2 Å². The van der Waals surface area contributed by atoms with Crippen LogP contribution in [-0.4, -0.2) is 25.1 Å². The van der Waals surface area contributed by atoms with E-state index >= 15 is 0 Å². The Morgan fingerprint density at radius 3 is 2.65 bits per heavy atom. The molecule has 3 nitrogen and oxygen atoms in total. The van der Waals surface area contributed by atoms with Crippen molar-refractivity contribution in [3.63, 3.8) is 0 Å². The maximum absolute atomic E-state index is 4.58. The molecule has 0 bridgehead atoms. The second-order valence-electron chi connectivity index (χ2n) is 4.89. The topological polar surface area (TPSA) is 28.2 Å². The minimum atomic E-state index is 0.373. The van der Waals surface area contributed by atoms with Gasteiger partial charge in [-0.1, -0.05) is 6.92 Å². The number of nitrogens with zero attached hydrogens (tertiary/aromatic N) is 2. The van der Waals surface area contributed by atoms with Crippen LogP contribution in [0.15, 0.2) is 18.3 Å². The Morgan fingerprint density at radius 2 is 2.24 bits per heavy atom. The van der Waals surface area contributed by atoms with Gasteiger partial charge in [0.05, 0.1) is 17.6 Å². The zero-order chi connectivity index (χ0) is 12.3. The molecule has 1 unspecified atom stereocenters. The van der Waals surface area contributed by atoms with Crippen molar-refractivity contribution < 1.29 is 0 Å². The fourth-order valence-corrected chi connectivity index (χ4v) is 2.36. The van der Waals surface area contributed by atoms with Gasteiger partial charge in [-0.05, 0) is 44.9 Å². The van der Waals surface area contributed by atoms with Gasteiger partial charge >= 0.3 is 0 Å². The Balaban J connectivity index is 2.06. The van der Waals surface area contributed by atoms with Gasteiger partial charge in [-0.25, -0.2) is 0 Å². The Morgan fingerprint density at radius 1 is 1.47 bits per heavy atom. The molecule has 0 aliphatic heterocycles. The summed E-state index contributed by atoms with van der Waals surface area (Å²) in [7, 11) is 4.17. The minimum Gasteiger partial charge on any atom is -0.370 e. The molecular weight excluding hydrogens is 210 g/mol. The first kappa shape index (κ1) is 12.4. The van der Waals surface area contributed by atoms with Gasteiger partial charge < -0.3 is 10.2 Å². The molecule has 3 heteroatoms. The van der Waals surface area contributed by atoms with E-state index < -0.39 is 0 Å².